The fourth-order valence-electron chi connectivity index (χ4n) is 4.16. The molecule has 24 heavy (non-hydrogen) atoms. The molecule has 1 amide bonds. The number of carbonyl (C=O) groups excluding carboxylic acids is 1. The molecule has 4 heterocycles. The molecule has 0 unspecified atom stereocenters. The monoisotopic (exact) mass is 328 g/mol. The maximum absolute atomic E-state index is 12.4. The molecule has 2 aliphatic rings. The Labute approximate surface area is 141 Å². The van der Waals surface area contributed by atoms with E-state index in [1.54, 1.807) is 12.6 Å². The van der Waals surface area contributed by atoms with Crippen LogP contribution in [0.25, 0.3) is 0 Å². The molecule has 4 rings (SSSR count). The summed E-state index contributed by atoms with van der Waals surface area (Å²) in [6.45, 7) is 3.86. The molecule has 2 atom stereocenters. The second-order valence-electron chi connectivity index (χ2n) is 6.94. The van der Waals surface area contributed by atoms with Crippen molar-refractivity contribution in [2.75, 3.05) is 19.6 Å². The third-order valence-corrected chi connectivity index (χ3v) is 5.39. The van der Waals surface area contributed by atoms with Crippen LogP contribution in [-0.2, 0) is 17.8 Å². The van der Waals surface area contributed by atoms with Crippen LogP contribution in [0.15, 0.2) is 35.5 Å². The van der Waals surface area contributed by atoms with Gasteiger partial charge in [0.2, 0.25) is 5.91 Å². The van der Waals surface area contributed by atoms with Gasteiger partial charge < -0.3 is 14.3 Å². The van der Waals surface area contributed by atoms with Gasteiger partial charge in [0.25, 0.3) is 0 Å². The molecule has 0 saturated carbocycles. The Morgan fingerprint density at radius 3 is 3.12 bits per heavy atom. The number of fused-ring (bicyclic) bond motifs is 1. The van der Waals surface area contributed by atoms with E-state index in [2.05, 4.69) is 19.8 Å². The van der Waals surface area contributed by atoms with E-state index < -0.39 is 0 Å². The van der Waals surface area contributed by atoms with Crippen LogP contribution in [0.4, 0.5) is 0 Å². The Morgan fingerprint density at radius 2 is 2.33 bits per heavy atom. The molecule has 2 aromatic rings. The molecule has 0 bridgehead atoms. The first-order valence-corrected chi connectivity index (χ1v) is 8.80. The van der Waals surface area contributed by atoms with Crippen molar-refractivity contribution in [1.29, 1.82) is 0 Å². The van der Waals surface area contributed by atoms with Gasteiger partial charge in [0.05, 0.1) is 18.9 Å². The first-order valence-electron chi connectivity index (χ1n) is 8.80. The van der Waals surface area contributed by atoms with Crippen molar-refractivity contribution < 1.29 is 9.21 Å². The van der Waals surface area contributed by atoms with Gasteiger partial charge in [0, 0.05) is 62.5 Å². The number of H-pyrrole nitrogens is 1. The van der Waals surface area contributed by atoms with E-state index in [9.17, 15) is 4.79 Å². The molecule has 6 heteroatoms. The molecular formula is C18H24N4O2. The molecular weight excluding hydrogens is 304 g/mol. The zero-order valence-electron chi connectivity index (χ0n) is 13.9. The number of aromatic amines is 1. The van der Waals surface area contributed by atoms with Crippen molar-refractivity contribution in [3.63, 3.8) is 0 Å². The molecule has 2 aromatic heterocycles. The predicted octanol–water partition coefficient (Wildman–Crippen LogP) is 2.06. The maximum Gasteiger partial charge on any atom is 0.222 e. The third-order valence-electron chi connectivity index (χ3n) is 5.39. The van der Waals surface area contributed by atoms with Gasteiger partial charge >= 0.3 is 0 Å². The fourth-order valence-corrected chi connectivity index (χ4v) is 4.16. The zero-order valence-corrected chi connectivity index (χ0v) is 13.9. The van der Waals surface area contributed by atoms with Gasteiger partial charge in [-0.3, -0.25) is 9.69 Å². The standard InChI is InChI=1S/C18H24N4O2/c23-18-2-1-15-11-21(10-14-5-8-24-12-14)6-4-17(15)22(18)7-3-16-9-19-13-20-16/h5,8-9,12-13,15,17H,1-4,6-7,10-11H2,(H,19,20)/t15-,17+/m0/s1. The van der Waals surface area contributed by atoms with E-state index in [0.29, 0.717) is 24.3 Å². The van der Waals surface area contributed by atoms with Crippen molar-refractivity contribution in [1.82, 2.24) is 19.8 Å². The van der Waals surface area contributed by atoms with E-state index in [0.717, 1.165) is 51.1 Å². The van der Waals surface area contributed by atoms with E-state index in [-0.39, 0.29) is 0 Å². The van der Waals surface area contributed by atoms with Gasteiger partial charge in [-0.25, -0.2) is 4.98 Å². The Hall–Kier alpha value is -2.08. The van der Waals surface area contributed by atoms with Gasteiger partial charge in [0.15, 0.2) is 0 Å². The second-order valence-corrected chi connectivity index (χ2v) is 6.94. The lowest BCUT2D eigenvalue weighted by atomic mass is 9.83. The smallest absolute Gasteiger partial charge is 0.222 e. The van der Waals surface area contributed by atoms with Crippen LogP contribution in [0, 0.1) is 5.92 Å². The first kappa shape index (κ1) is 15.4. The van der Waals surface area contributed by atoms with Crippen molar-refractivity contribution in [2.24, 2.45) is 5.92 Å². The van der Waals surface area contributed by atoms with Crippen molar-refractivity contribution in [3.8, 4) is 0 Å². The molecule has 2 fully saturated rings. The minimum absolute atomic E-state index is 0.319. The van der Waals surface area contributed by atoms with Gasteiger partial charge in [-0.1, -0.05) is 0 Å². The molecule has 0 aliphatic carbocycles. The van der Waals surface area contributed by atoms with Crippen molar-refractivity contribution in [2.45, 2.75) is 38.3 Å². The number of rotatable bonds is 5. The maximum atomic E-state index is 12.4. The van der Waals surface area contributed by atoms with E-state index in [4.69, 9.17) is 4.42 Å². The van der Waals surface area contributed by atoms with Crippen LogP contribution < -0.4 is 0 Å². The summed E-state index contributed by atoms with van der Waals surface area (Å²) in [4.78, 5) is 24.2. The number of hydrogen-bond acceptors (Lipinski definition) is 4. The van der Waals surface area contributed by atoms with E-state index >= 15 is 0 Å². The highest BCUT2D eigenvalue weighted by Crippen LogP contribution is 2.32. The zero-order chi connectivity index (χ0) is 16.4. The SMILES string of the molecule is O=C1CC[C@H]2CN(Cc3ccoc3)CC[C@H]2N1CCc1cnc[nH]1. The van der Waals surface area contributed by atoms with Crippen molar-refractivity contribution in [3.05, 3.63) is 42.4 Å². The summed E-state index contributed by atoms with van der Waals surface area (Å²) in [5, 5.41) is 0. The first-order chi connectivity index (χ1) is 11.8. The predicted molar refractivity (Wildman–Crippen MR) is 89.1 cm³/mol. The molecule has 1 N–H and O–H groups in total. The Balaban J connectivity index is 1.37. The van der Waals surface area contributed by atoms with Crippen LogP contribution in [0.2, 0.25) is 0 Å². The Kier molecular flexibility index (Phi) is 4.38. The topological polar surface area (TPSA) is 65.4 Å². The highest BCUT2D eigenvalue weighted by atomic mass is 16.3. The van der Waals surface area contributed by atoms with Crippen LogP contribution in [0.5, 0.6) is 0 Å². The summed E-state index contributed by atoms with van der Waals surface area (Å²) >= 11 is 0. The summed E-state index contributed by atoms with van der Waals surface area (Å²) in [6, 6.07) is 2.43. The summed E-state index contributed by atoms with van der Waals surface area (Å²) in [6.07, 6.45) is 10.7. The highest BCUT2D eigenvalue weighted by molar-refractivity contribution is 5.77. The quantitative estimate of drug-likeness (QED) is 0.912. The minimum Gasteiger partial charge on any atom is -0.472 e. The molecule has 0 radical (unpaired) electrons. The molecule has 128 valence electrons. The summed E-state index contributed by atoms with van der Waals surface area (Å²) in [5.41, 5.74) is 2.33. The number of furan rings is 1. The minimum atomic E-state index is 0.319. The van der Waals surface area contributed by atoms with Crippen LogP contribution in [0.1, 0.15) is 30.5 Å². The highest BCUT2D eigenvalue weighted by Gasteiger charge is 2.38. The average molecular weight is 328 g/mol. The molecule has 0 aromatic carbocycles. The van der Waals surface area contributed by atoms with Crippen LogP contribution in [0.3, 0.4) is 0 Å². The van der Waals surface area contributed by atoms with Gasteiger partial charge in [0.1, 0.15) is 0 Å². The molecule has 2 saturated heterocycles. The number of likely N-dealkylation sites (tertiary alicyclic amines) is 2. The lowest BCUT2D eigenvalue weighted by Gasteiger charge is -2.47. The average Bonchev–Trinajstić information content (AvgIpc) is 3.28. The number of piperidine rings is 2. The number of imidazole rings is 1. The second kappa shape index (κ2) is 6.81. The molecule has 2 aliphatic heterocycles. The Morgan fingerprint density at radius 1 is 1.38 bits per heavy atom. The van der Waals surface area contributed by atoms with E-state index in [1.165, 1.54) is 5.56 Å². The normalized spacial score (nSPS) is 25.0. The summed E-state index contributed by atoms with van der Waals surface area (Å²) in [5.74, 6) is 0.907. The fraction of sp³-hybridized carbons (Fsp3) is 0.556. The largest absolute Gasteiger partial charge is 0.472 e. The van der Waals surface area contributed by atoms with Gasteiger partial charge in [-0.15, -0.1) is 0 Å². The lowest BCUT2D eigenvalue weighted by Crippen LogP contribution is -2.56. The number of carbonyl (C=O) groups is 1. The Bertz CT molecular complexity index is 653. The third kappa shape index (κ3) is 3.24. The summed E-state index contributed by atoms with van der Waals surface area (Å²) in [7, 11) is 0. The number of aromatic nitrogens is 2. The number of hydrogen-bond donors (Lipinski definition) is 1. The number of nitrogens with one attached hydrogen (secondary N) is 1. The number of nitrogens with zero attached hydrogens (tertiary/aromatic N) is 3. The van der Waals surface area contributed by atoms with Gasteiger partial charge in [-0.2, -0.15) is 0 Å². The molecule has 6 nitrogen and oxygen atoms in total. The van der Waals surface area contributed by atoms with Gasteiger partial charge in [-0.05, 0) is 24.8 Å². The summed E-state index contributed by atoms with van der Waals surface area (Å²) < 4.78 is 5.17. The molecule has 0 spiro atoms. The lowest BCUT2D eigenvalue weighted by molar-refractivity contribution is -0.141. The van der Waals surface area contributed by atoms with E-state index in [1.807, 2.05) is 18.5 Å². The van der Waals surface area contributed by atoms with Crippen LogP contribution in [-0.4, -0.2) is 51.4 Å². The van der Waals surface area contributed by atoms with Crippen molar-refractivity contribution >= 4 is 5.91 Å². The number of amides is 1. The van der Waals surface area contributed by atoms with Crippen LogP contribution >= 0.6 is 0 Å².